The lowest BCUT2D eigenvalue weighted by molar-refractivity contribution is 0.591. The van der Waals surface area contributed by atoms with Crippen LogP contribution in [0, 0.1) is 0 Å². The predicted octanol–water partition coefficient (Wildman–Crippen LogP) is 2.04. The first-order valence-electron chi connectivity index (χ1n) is 4.35. The summed E-state index contributed by atoms with van der Waals surface area (Å²) in [4.78, 5) is 0.177. The Kier molecular flexibility index (Phi) is 2.71. The van der Waals surface area contributed by atoms with Crippen molar-refractivity contribution in [3.05, 3.63) is 27.7 Å². The summed E-state index contributed by atoms with van der Waals surface area (Å²) in [6, 6.07) is 2.86. The maximum absolute atomic E-state index is 11.8. The number of halogens is 2. The maximum atomic E-state index is 11.8. The van der Waals surface area contributed by atoms with Crippen molar-refractivity contribution in [3.8, 4) is 0 Å². The lowest BCUT2D eigenvalue weighted by Crippen LogP contribution is -2.18. The second kappa shape index (κ2) is 3.63. The van der Waals surface area contributed by atoms with Crippen LogP contribution in [-0.4, -0.2) is 21.2 Å². The monoisotopic (exact) mass is 265 g/mol. The van der Waals surface area contributed by atoms with Crippen LogP contribution in [0.15, 0.2) is 17.0 Å². The first-order chi connectivity index (χ1) is 6.97. The first kappa shape index (κ1) is 11.2. The number of hydrogen-bond acceptors (Lipinski definition) is 3. The summed E-state index contributed by atoms with van der Waals surface area (Å²) < 4.78 is 23.6. The van der Waals surface area contributed by atoms with Gasteiger partial charge in [0, 0.05) is 16.6 Å². The van der Waals surface area contributed by atoms with Gasteiger partial charge in [0.25, 0.3) is 0 Å². The fourth-order valence-corrected chi connectivity index (χ4v) is 4.56. The van der Waals surface area contributed by atoms with Gasteiger partial charge >= 0.3 is 0 Å². The zero-order valence-electron chi connectivity index (χ0n) is 7.92. The summed E-state index contributed by atoms with van der Waals surface area (Å²) in [6.45, 7) is 0. The summed E-state index contributed by atoms with van der Waals surface area (Å²) >= 11 is 11.9. The summed E-state index contributed by atoms with van der Waals surface area (Å²) in [6.07, 6.45) is 0. The number of rotatable bonds is 1. The third-order valence-corrected chi connectivity index (χ3v) is 5.08. The quantitative estimate of drug-likeness (QED) is 0.846. The Labute approximate surface area is 98.3 Å². The van der Waals surface area contributed by atoms with Gasteiger partial charge in [0.05, 0.1) is 15.7 Å². The molecule has 82 valence electrons. The molecule has 1 atom stereocenters. The fraction of sp³-hybridized carbons (Fsp3) is 0.333. The second-order valence-corrected chi connectivity index (χ2v) is 6.18. The SMILES string of the molecule is CNC1CS(=O)(=O)c2c(Cl)ccc(Cl)c21. The molecule has 0 saturated carbocycles. The van der Waals surface area contributed by atoms with Gasteiger partial charge in [-0.25, -0.2) is 8.42 Å². The summed E-state index contributed by atoms with van der Waals surface area (Å²) in [5.74, 6) is 0.0162. The van der Waals surface area contributed by atoms with Crippen molar-refractivity contribution >= 4 is 33.0 Å². The molecule has 1 N–H and O–H groups in total. The van der Waals surface area contributed by atoms with Gasteiger partial charge in [0.15, 0.2) is 9.84 Å². The molecular formula is C9H9Cl2NO2S. The molecule has 0 radical (unpaired) electrons. The third kappa shape index (κ3) is 1.65. The summed E-state index contributed by atoms with van der Waals surface area (Å²) in [7, 11) is -1.60. The van der Waals surface area contributed by atoms with Gasteiger partial charge in [-0.15, -0.1) is 0 Å². The van der Waals surface area contributed by atoms with Gasteiger partial charge in [-0.2, -0.15) is 0 Å². The van der Waals surface area contributed by atoms with Crippen LogP contribution in [0.5, 0.6) is 0 Å². The molecule has 2 rings (SSSR count). The van der Waals surface area contributed by atoms with Crippen molar-refractivity contribution in [2.75, 3.05) is 12.8 Å². The van der Waals surface area contributed by atoms with Gasteiger partial charge in [-0.3, -0.25) is 0 Å². The molecule has 0 saturated heterocycles. The molecule has 1 aromatic carbocycles. The highest BCUT2D eigenvalue weighted by Crippen LogP contribution is 2.41. The van der Waals surface area contributed by atoms with Crippen molar-refractivity contribution < 1.29 is 8.42 Å². The standard InChI is InChI=1S/C9H9Cl2NO2S/c1-12-7-4-15(13,14)9-6(11)3-2-5(10)8(7)9/h2-3,7,12H,4H2,1H3. The van der Waals surface area contributed by atoms with Gasteiger partial charge < -0.3 is 5.32 Å². The Morgan fingerprint density at radius 3 is 2.53 bits per heavy atom. The summed E-state index contributed by atoms with van der Waals surface area (Å²) in [5.41, 5.74) is 0.590. The van der Waals surface area contributed by atoms with Crippen LogP contribution in [0.3, 0.4) is 0 Å². The van der Waals surface area contributed by atoms with Crippen LogP contribution in [0.4, 0.5) is 0 Å². The average Bonchev–Trinajstić information content (AvgIpc) is 2.45. The predicted molar refractivity (Wildman–Crippen MR) is 60.3 cm³/mol. The van der Waals surface area contributed by atoms with Crippen molar-refractivity contribution in [2.24, 2.45) is 0 Å². The molecule has 1 aliphatic heterocycles. The van der Waals surface area contributed by atoms with Crippen LogP contribution in [0.25, 0.3) is 0 Å². The number of nitrogens with one attached hydrogen (secondary N) is 1. The van der Waals surface area contributed by atoms with Crippen molar-refractivity contribution in [1.82, 2.24) is 5.32 Å². The zero-order chi connectivity index (χ0) is 11.2. The maximum Gasteiger partial charge on any atom is 0.182 e. The van der Waals surface area contributed by atoms with Crippen molar-refractivity contribution in [3.63, 3.8) is 0 Å². The van der Waals surface area contributed by atoms with Crippen LogP contribution >= 0.6 is 23.2 Å². The molecule has 1 aromatic rings. The van der Waals surface area contributed by atoms with E-state index in [4.69, 9.17) is 23.2 Å². The number of sulfone groups is 1. The first-order valence-corrected chi connectivity index (χ1v) is 6.76. The largest absolute Gasteiger partial charge is 0.312 e. The lowest BCUT2D eigenvalue weighted by atomic mass is 10.1. The molecule has 1 unspecified atom stereocenters. The molecular weight excluding hydrogens is 257 g/mol. The van der Waals surface area contributed by atoms with E-state index in [2.05, 4.69) is 5.32 Å². The highest BCUT2D eigenvalue weighted by molar-refractivity contribution is 7.92. The van der Waals surface area contributed by atoms with Gasteiger partial charge in [0.2, 0.25) is 0 Å². The van der Waals surface area contributed by atoms with E-state index in [9.17, 15) is 8.42 Å². The molecule has 15 heavy (non-hydrogen) atoms. The van der Waals surface area contributed by atoms with E-state index in [0.717, 1.165) is 0 Å². The molecule has 0 amide bonds. The van der Waals surface area contributed by atoms with Crippen LogP contribution < -0.4 is 5.32 Å². The van der Waals surface area contributed by atoms with E-state index >= 15 is 0 Å². The van der Waals surface area contributed by atoms with Crippen LogP contribution in [0.2, 0.25) is 10.0 Å². The molecule has 0 aromatic heterocycles. The topological polar surface area (TPSA) is 46.2 Å². The van der Waals surface area contributed by atoms with E-state index in [1.54, 1.807) is 13.1 Å². The van der Waals surface area contributed by atoms with Gasteiger partial charge in [-0.1, -0.05) is 23.2 Å². The molecule has 0 aliphatic carbocycles. The van der Waals surface area contributed by atoms with Gasteiger partial charge in [-0.05, 0) is 19.2 Å². The van der Waals surface area contributed by atoms with E-state index in [-0.39, 0.29) is 21.7 Å². The minimum Gasteiger partial charge on any atom is -0.312 e. The Bertz CT molecular complexity index is 513. The fourth-order valence-electron chi connectivity index (χ4n) is 1.80. The summed E-state index contributed by atoms with van der Waals surface area (Å²) in [5, 5.41) is 3.60. The molecule has 0 fully saturated rings. The average molecular weight is 266 g/mol. The highest BCUT2D eigenvalue weighted by atomic mass is 35.5. The Hall–Kier alpha value is -0.290. The molecule has 0 spiro atoms. The van der Waals surface area contributed by atoms with E-state index in [1.807, 2.05) is 0 Å². The number of hydrogen-bond donors (Lipinski definition) is 1. The molecule has 0 bridgehead atoms. The normalized spacial score (nSPS) is 22.7. The van der Waals surface area contributed by atoms with Crippen molar-refractivity contribution in [1.29, 1.82) is 0 Å². The molecule has 6 heteroatoms. The van der Waals surface area contributed by atoms with Gasteiger partial charge in [0.1, 0.15) is 0 Å². The minimum atomic E-state index is -3.30. The lowest BCUT2D eigenvalue weighted by Gasteiger charge is -2.09. The Morgan fingerprint density at radius 2 is 1.93 bits per heavy atom. The third-order valence-electron chi connectivity index (χ3n) is 2.49. The molecule has 1 aliphatic rings. The number of benzene rings is 1. The Morgan fingerprint density at radius 1 is 1.33 bits per heavy atom. The zero-order valence-corrected chi connectivity index (χ0v) is 10.2. The smallest absolute Gasteiger partial charge is 0.182 e. The van der Waals surface area contributed by atoms with Crippen LogP contribution in [0.1, 0.15) is 11.6 Å². The highest BCUT2D eigenvalue weighted by Gasteiger charge is 2.37. The van der Waals surface area contributed by atoms with E-state index < -0.39 is 9.84 Å². The van der Waals surface area contributed by atoms with Crippen LogP contribution in [-0.2, 0) is 9.84 Å². The van der Waals surface area contributed by atoms with Crippen molar-refractivity contribution in [2.45, 2.75) is 10.9 Å². The Balaban J connectivity index is 2.79. The minimum absolute atomic E-state index is 0.0162. The molecule has 3 nitrogen and oxygen atoms in total. The van der Waals surface area contributed by atoms with E-state index in [1.165, 1.54) is 6.07 Å². The molecule has 1 heterocycles. The second-order valence-electron chi connectivity index (χ2n) is 3.39. The van der Waals surface area contributed by atoms with E-state index in [0.29, 0.717) is 10.6 Å². The number of fused-ring (bicyclic) bond motifs is 1.